The van der Waals surface area contributed by atoms with Crippen molar-refractivity contribution in [3.8, 4) is 11.3 Å². The number of amides is 1. The number of carbonyl (C=O) groups excluding carboxylic acids is 1. The first-order valence-electron chi connectivity index (χ1n) is 7.76. The Morgan fingerprint density at radius 3 is 2.64 bits per heavy atom. The summed E-state index contributed by atoms with van der Waals surface area (Å²) in [7, 11) is 3.77. The van der Waals surface area contributed by atoms with Crippen molar-refractivity contribution in [1.29, 1.82) is 0 Å². The molecule has 124 valence electrons. The molecule has 0 aliphatic heterocycles. The van der Waals surface area contributed by atoms with Crippen molar-refractivity contribution in [2.75, 3.05) is 5.32 Å². The van der Waals surface area contributed by atoms with Crippen LogP contribution in [0.5, 0.6) is 0 Å². The first kappa shape index (κ1) is 15.1. The second kappa shape index (κ2) is 5.86. The molecule has 0 spiro atoms. The van der Waals surface area contributed by atoms with Gasteiger partial charge >= 0.3 is 0 Å². The Balaban J connectivity index is 1.67. The van der Waals surface area contributed by atoms with Crippen LogP contribution in [0, 0.1) is 0 Å². The fourth-order valence-electron chi connectivity index (χ4n) is 2.71. The number of nitrogens with one attached hydrogen (secondary N) is 1. The molecule has 3 aromatic heterocycles. The van der Waals surface area contributed by atoms with Crippen molar-refractivity contribution in [2.45, 2.75) is 0 Å². The fourth-order valence-corrected chi connectivity index (χ4v) is 2.71. The maximum absolute atomic E-state index is 12.2. The van der Waals surface area contributed by atoms with E-state index in [-0.39, 0.29) is 5.91 Å². The SMILES string of the molecule is Cn1cnc(C(=O)Nc2cc3cc(-c4cncn4C)ccc3cn2)c1. The van der Waals surface area contributed by atoms with E-state index in [1.54, 1.807) is 29.6 Å². The van der Waals surface area contributed by atoms with Crippen molar-refractivity contribution in [2.24, 2.45) is 14.1 Å². The molecule has 0 fully saturated rings. The lowest BCUT2D eigenvalue weighted by Gasteiger charge is -2.07. The number of carbonyl (C=O) groups is 1. The van der Waals surface area contributed by atoms with E-state index < -0.39 is 0 Å². The minimum atomic E-state index is -0.282. The molecule has 7 heteroatoms. The number of nitrogens with zero attached hydrogens (tertiary/aromatic N) is 5. The van der Waals surface area contributed by atoms with E-state index in [0.29, 0.717) is 11.5 Å². The van der Waals surface area contributed by atoms with Gasteiger partial charge in [0.1, 0.15) is 11.5 Å². The Labute approximate surface area is 144 Å². The molecule has 1 aromatic carbocycles. The molecule has 1 N–H and O–H groups in total. The quantitative estimate of drug-likeness (QED) is 0.625. The highest BCUT2D eigenvalue weighted by Crippen LogP contribution is 2.25. The smallest absolute Gasteiger partial charge is 0.276 e. The normalized spacial score (nSPS) is 11.0. The molecule has 0 radical (unpaired) electrons. The number of hydrogen-bond acceptors (Lipinski definition) is 4. The summed E-state index contributed by atoms with van der Waals surface area (Å²) in [6.45, 7) is 0. The summed E-state index contributed by atoms with van der Waals surface area (Å²) in [5, 5.41) is 4.78. The van der Waals surface area contributed by atoms with E-state index in [1.165, 1.54) is 0 Å². The van der Waals surface area contributed by atoms with Crippen LogP contribution in [0.4, 0.5) is 5.82 Å². The van der Waals surface area contributed by atoms with Gasteiger partial charge in [-0.15, -0.1) is 0 Å². The average Bonchev–Trinajstić information content (AvgIpc) is 3.22. The molecule has 0 unspecified atom stereocenters. The van der Waals surface area contributed by atoms with Crippen molar-refractivity contribution in [3.05, 3.63) is 61.2 Å². The summed E-state index contributed by atoms with van der Waals surface area (Å²) in [5.74, 6) is 0.209. The fraction of sp³-hybridized carbons (Fsp3) is 0.111. The Morgan fingerprint density at radius 1 is 1.04 bits per heavy atom. The molecule has 7 nitrogen and oxygen atoms in total. The maximum Gasteiger partial charge on any atom is 0.276 e. The van der Waals surface area contributed by atoms with E-state index in [0.717, 1.165) is 22.0 Å². The zero-order valence-electron chi connectivity index (χ0n) is 13.8. The third-order valence-corrected chi connectivity index (χ3v) is 4.01. The van der Waals surface area contributed by atoms with Crippen LogP contribution in [0.1, 0.15) is 10.5 Å². The molecular formula is C18H16N6O. The second-order valence-corrected chi connectivity index (χ2v) is 5.90. The zero-order chi connectivity index (χ0) is 17.4. The van der Waals surface area contributed by atoms with Gasteiger partial charge in [-0.3, -0.25) is 4.79 Å². The Kier molecular flexibility index (Phi) is 3.53. The topological polar surface area (TPSA) is 77.6 Å². The summed E-state index contributed by atoms with van der Waals surface area (Å²) in [4.78, 5) is 24.7. The number of pyridine rings is 1. The van der Waals surface area contributed by atoms with Gasteiger partial charge in [0.2, 0.25) is 0 Å². The second-order valence-electron chi connectivity index (χ2n) is 5.90. The predicted octanol–water partition coefficient (Wildman–Crippen LogP) is 2.62. The number of aryl methyl sites for hydroxylation is 2. The minimum Gasteiger partial charge on any atom is -0.340 e. The lowest BCUT2D eigenvalue weighted by Crippen LogP contribution is -2.13. The molecule has 4 rings (SSSR count). The summed E-state index contributed by atoms with van der Waals surface area (Å²) < 4.78 is 3.69. The zero-order valence-corrected chi connectivity index (χ0v) is 13.8. The number of aromatic nitrogens is 5. The molecule has 4 aromatic rings. The molecule has 0 aliphatic carbocycles. The van der Waals surface area contributed by atoms with Gasteiger partial charge in [0, 0.05) is 37.4 Å². The van der Waals surface area contributed by atoms with Gasteiger partial charge in [-0.05, 0) is 17.5 Å². The predicted molar refractivity (Wildman–Crippen MR) is 95.1 cm³/mol. The van der Waals surface area contributed by atoms with Crippen LogP contribution in [0.3, 0.4) is 0 Å². The number of rotatable bonds is 3. The summed E-state index contributed by atoms with van der Waals surface area (Å²) in [6.07, 6.45) is 8.59. The molecule has 25 heavy (non-hydrogen) atoms. The van der Waals surface area contributed by atoms with E-state index in [2.05, 4.69) is 26.3 Å². The molecule has 0 bridgehead atoms. The first-order chi connectivity index (χ1) is 12.1. The van der Waals surface area contributed by atoms with Crippen LogP contribution < -0.4 is 5.32 Å². The molecule has 1 amide bonds. The van der Waals surface area contributed by atoms with Gasteiger partial charge in [0.15, 0.2) is 0 Å². The van der Waals surface area contributed by atoms with Gasteiger partial charge in [-0.1, -0.05) is 12.1 Å². The van der Waals surface area contributed by atoms with Gasteiger partial charge < -0.3 is 14.5 Å². The highest BCUT2D eigenvalue weighted by atomic mass is 16.2. The maximum atomic E-state index is 12.2. The van der Waals surface area contributed by atoms with Crippen LogP contribution in [0.15, 0.2) is 55.5 Å². The number of benzene rings is 1. The van der Waals surface area contributed by atoms with Gasteiger partial charge in [0.05, 0.1) is 24.5 Å². The molecule has 0 saturated carbocycles. The Morgan fingerprint density at radius 2 is 1.92 bits per heavy atom. The number of anilines is 1. The number of imidazole rings is 2. The highest BCUT2D eigenvalue weighted by Gasteiger charge is 2.10. The van der Waals surface area contributed by atoms with Crippen LogP contribution in [0.25, 0.3) is 22.0 Å². The van der Waals surface area contributed by atoms with Gasteiger partial charge in [0.25, 0.3) is 5.91 Å². The van der Waals surface area contributed by atoms with E-state index in [4.69, 9.17) is 0 Å². The molecule has 3 heterocycles. The molecule has 0 aliphatic rings. The largest absolute Gasteiger partial charge is 0.340 e. The monoisotopic (exact) mass is 332 g/mol. The summed E-state index contributed by atoms with van der Waals surface area (Å²) >= 11 is 0. The average molecular weight is 332 g/mol. The van der Waals surface area contributed by atoms with E-state index in [9.17, 15) is 4.79 Å². The number of fused-ring (bicyclic) bond motifs is 1. The van der Waals surface area contributed by atoms with Gasteiger partial charge in [-0.2, -0.15) is 0 Å². The summed E-state index contributed by atoms with van der Waals surface area (Å²) in [5.41, 5.74) is 2.44. The molecule has 0 atom stereocenters. The lowest BCUT2D eigenvalue weighted by atomic mass is 10.1. The van der Waals surface area contributed by atoms with Crippen molar-refractivity contribution in [1.82, 2.24) is 24.1 Å². The van der Waals surface area contributed by atoms with Crippen LogP contribution >= 0.6 is 0 Å². The number of hydrogen-bond donors (Lipinski definition) is 1. The molecular weight excluding hydrogens is 316 g/mol. The van der Waals surface area contributed by atoms with Crippen molar-refractivity contribution >= 4 is 22.5 Å². The Hall–Kier alpha value is -3.48. The minimum absolute atomic E-state index is 0.282. The van der Waals surface area contributed by atoms with Crippen LogP contribution in [-0.2, 0) is 14.1 Å². The van der Waals surface area contributed by atoms with Crippen LogP contribution in [0.2, 0.25) is 0 Å². The van der Waals surface area contributed by atoms with Crippen molar-refractivity contribution < 1.29 is 4.79 Å². The van der Waals surface area contributed by atoms with Gasteiger partial charge in [-0.25, -0.2) is 15.0 Å². The van der Waals surface area contributed by atoms with E-state index in [1.807, 2.05) is 43.1 Å². The summed E-state index contributed by atoms with van der Waals surface area (Å²) in [6, 6.07) is 7.96. The third kappa shape index (κ3) is 2.87. The first-order valence-corrected chi connectivity index (χ1v) is 7.76. The standard InChI is InChI=1S/C18H16N6O/c1-23-9-15(21-11-23)18(25)22-17-6-14-5-12(3-4-13(14)7-20-17)16-8-19-10-24(16)2/h3-11H,1-2H3,(H,20,22,25). The van der Waals surface area contributed by atoms with Crippen molar-refractivity contribution in [3.63, 3.8) is 0 Å². The third-order valence-electron chi connectivity index (χ3n) is 4.01. The van der Waals surface area contributed by atoms with Crippen LogP contribution in [-0.4, -0.2) is 30.0 Å². The highest BCUT2D eigenvalue weighted by molar-refractivity contribution is 6.03. The van der Waals surface area contributed by atoms with E-state index >= 15 is 0 Å². The lowest BCUT2D eigenvalue weighted by molar-refractivity contribution is 0.102. The Bertz CT molecular complexity index is 1080. The molecule has 0 saturated heterocycles.